The number of rotatable bonds is 4. The molecule has 0 atom stereocenters. The summed E-state index contributed by atoms with van der Waals surface area (Å²) in [6.45, 7) is 1.86. The third-order valence-corrected chi connectivity index (χ3v) is 3.30. The molecule has 1 amide bonds. The highest BCUT2D eigenvalue weighted by Gasteiger charge is 2.14. The van der Waals surface area contributed by atoms with Gasteiger partial charge >= 0.3 is 5.91 Å². The summed E-state index contributed by atoms with van der Waals surface area (Å²) in [6, 6.07) is 6.00. The molecule has 0 radical (unpaired) electrons. The molecule has 0 fully saturated rings. The van der Waals surface area contributed by atoms with E-state index in [0.717, 1.165) is 0 Å². The average Bonchev–Trinajstić information content (AvgIpc) is 2.80. The Balaban J connectivity index is 2.08. The molecule has 0 aliphatic carbocycles. The summed E-state index contributed by atoms with van der Waals surface area (Å²) >= 11 is 3.06. The zero-order valence-corrected chi connectivity index (χ0v) is 12.2. The topological polar surface area (TPSA) is 77.5 Å². The van der Waals surface area contributed by atoms with Crippen LogP contribution in [0.2, 0.25) is 0 Å². The van der Waals surface area contributed by atoms with Crippen LogP contribution in [-0.4, -0.2) is 5.91 Å². The highest BCUT2D eigenvalue weighted by molar-refractivity contribution is 9.10. The summed E-state index contributed by atoms with van der Waals surface area (Å²) < 4.78 is 24.4. The summed E-state index contributed by atoms with van der Waals surface area (Å²) in [5.74, 6) is 5.13. The summed E-state index contributed by atoms with van der Waals surface area (Å²) in [4.78, 5) is 11.3. The van der Waals surface area contributed by atoms with Crippen molar-refractivity contribution in [3.8, 4) is 5.75 Å². The number of carbonyl (C=O) groups excluding carboxylic acids is 1. The van der Waals surface area contributed by atoms with Gasteiger partial charge in [-0.25, -0.2) is 10.2 Å². The molecule has 20 heavy (non-hydrogen) atoms. The second-order valence-electron chi connectivity index (χ2n) is 4.03. The minimum atomic E-state index is -0.519. The number of aryl methyl sites for hydroxylation is 1. The van der Waals surface area contributed by atoms with E-state index in [1.165, 1.54) is 12.1 Å². The van der Waals surface area contributed by atoms with Crippen LogP contribution >= 0.6 is 15.9 Å². The Morgan fingerprint density at radius 2 is 2.25 bits per heavy atom. The highest BCUT2D eigenvalue weighted by Crippen LogP contribution is 2.23. The van der Waals surface area contributed by atoms with Crippen LogP contribution in [0.4, 0.5) is 4.39 Å². The Kier molecular flexibility index (Phi) is 4.41. The van der Waals surface area contributed by atoms with Crippen LogP contribution < -0.4 is 16.0 Å². The van der Waals surface area contributed by atoms with Crippen molar-refractivity contribution in [2.24, 2.45) is 5.84 Å². The van der Waals surface area contributed by atoms with Crippen LogP contribution in [0.1, 0.15) is 21.9 Å². The molecule has 2 aromatic rings. The van der Waals surface area contributed by atoms with E-state index in [2.05, 4.69) is 15.9 Å². The van der Waals surface area contributed by atoms with E-state index in [-0.39, 0.29) is 12.4 Å². The molecular formula is C13H12BrFN2O3. The molecule has 1 aromatic carbocycles. The van der Waals surface area contributed by atoms with Gasteiger partial charge in [0.1, 0.15) is 23.9 Å². The highest BCUT2D eigenvalue weighted by atomic mass is 79.9. The van der Waals surface area contributed by atoms with Gasteiger partial charge in [-0.05, 0) is 41.1 Å². The van der Waals surface area contributed by atoms with E-state index in [4.69, 9.17) is 15.0 Å². The lowest BCUT2D eigenvalue weighted by molar-refractivity contribution is 0.0924. The molecule has 3 N–H and O–H groups in total. The molecular weight excluding hydrogens is 331 g/mol. The molecule has 106 valence electrons. The maximum absolute atomic E-state index is 13.3. The van der Waals surface area contributed by atoms with Crippen molar-refractivity contribution in [1.29, 1.82) is 0 Å². The summed E-state index contributed by atoms with van der Waals surface area (Å²) in [6.07, 6.45) is 0. The molecule has 0 unspecified atom stereocenters. The Labute approximate surface area is 123 Å². The fourth-order valence-electron chi connectivity index (χ4n) is 1.57. The van der Waals surface area contributed by atoms with Gasteiger partial charge in [-0.15, -0.1) is 0 Å². The van der Waals surface area contributed by atoms with Crippen LogP contribution in [0.25, 0.3) is 0 Å². The Bertz CT molecular complexity index is 643. The first kappa shape index (κ1) is 14.5. The Morgan fingerprint density at radius 3 is 2.90 bits per heavy atom. The first-order chi connectivity index (χ1) is 9.51. The lowest BCUT2D eigenvalue weighted by Gasteiger charge is -2.05. The van der Waals surface area contributed by atoms with E-state index in [1.807, 2.05) is 5.43 Å². The number of nitrogen functional groups attached to an aromatic ring is 1. The molecule has 0 saturated carbocycles. The Hall–Kier alpha value is -1.86. The number of ether oxygens (including phenoxy) is 1. The molecule has 1 heterocycles. The SMILES string of the molecule is Cc1oc(C(=O)NN)cc1COc1ccc(Br)c(F)c1. The predicted molar refractivity (Wildman–Crippen MR) is 73.5 cm³/mol. The van der Waals surface area contributed by atoms with Gasteiger partial charge in [0.25, 0.3) is 0 Å². The molecule has 0 saturated heterocycles. The van der Waals surface area contributed by atoms with Crippen molar-refractivity contribution in [2.75, 3.05) is 0 Å². The van der Waals surface area contributed by atoms with Gasteiger partial charge in [0, 0.05) is 11.6 Å². The quantitative estimate of drug-likeness (QED) is 0.508. The largest absolute Gasteiger partial charge is 0.489 e. The first-order valence-electron chi connectivity index (χ1n) is 5.69. The number of halogens is 2. The first-order valence-corrected chi connectivity index (χ1v) is 6.48. The van der Waals surface area contributed by atoms with Gasteiger partial charge in [-0.1, -0.05) is 0 Å². The van der Waals surface area contributed by atoms with Crippen LogP contribution in [-0.2, 0) is 6.61 Å². The molecule has 0 aliphatic rings. The Morgan fingerprint density at radius 1 is 1.50 bits per heavy atom. The number of nitrogens with two attached hydrogens (primary N) is 1. The summed E-state index contributed by atoms with van der Waals surface area (Å²) in [5.41, 5.74) is 2.67. The fourth-order valence-corrected chi connectivity index (χ4v) is 1.82. The van der Waals surface area contributed by atoms with Crippen molar-refractivity contribution in [3.63, 3.8) is 0 Å². The van der Waals surface area contributed by atoms with Crippen molar-refractivity contribution < 1.29 is 18.3 Å². The number of benzene rings is 1. The third-order valence-electron chi connectivity index (χ3n) is 2.66. The third kappa shape index (κ3) is 3.17. The lowest BCUT2D eigenvalue weighted by atomic mass is 10.2. The maximum Gasteiger partial charge on any atom is 0.300 e. The van der Waals surface area contributed by atoms with Crippen molar-refractivity contribution in [1.82, 2.24) is 5.43 Å². The number of amides is 1. The zero-order chi connectivity index (χ0) is 14.7. The normalized spacial score (nSPS) is 10.4. The van der Waals surface area contributed by atoms with E-state index in [9.17, 15) is 9.18 Å². The van der Waals surface area contributed by atoms with Gasteiger partial charge in [-0.3, -0.25) is 10.2 Å². The number of hydrogen-bond acceptors (Lipinski definition) is 4. The molecule has 2 rings (SSSR count). The van der Waals surface area contributed by atoms with Gasteiger partial charge in [0.15, 0.2) is 5.76 Å². The molecule has 0 aliphatic heterocycles. The van der Waals surface area contributed by atoms with Crippen molar-refractivity contribution in [3.05, 3.63) is 51.6 Å². The molecule has 5 nitrogen and oxygen atoms in total. The van der Waals surface area contributed by atoms with Crippen molar-refractivity contribution in [2.45, 2.75) is 13.5 Å². The maximum atomic E-state index is 13.3. The van der Waals surface area contributed by atoms with Crippen LogP contribution in [0.15, 0.2) is 33.2 Å². The summed E-state index contributed by atoms with van der Waals surface area (Å²) in [7, 11) is 0. The number of carbonyl (C=O) groups is 1. The van der Waals surface area contributed by atoms with E-state index < -0.39 is 11.7 Å². The van der Waals surface area contributed by atoms with Crippen LogP contribution in [0, 0.1) is 12.7 Å². The molecule has 7 heteroatoms. The molecule has 0 bridgehead atoms. The fraction of sp³-hybridized carbons (Fsp3) is 0.154. The summed E-state index contributed by atoms with van der Waals surface area (Å²) in [5, 5.41) is 0. The van der Waals surface area contributed by atoms with Crippen LogP contribution in [0.5, 0.6) is 5.75 Å². The van der Waals surface area contributed by atoms with Gasteiger partial charge in [0.05, 0.1) is 4.47 Å². The monoisotopic (exact) mass is 342 g/mol. The molecule has 1 aromatic heterocycles. The lowest BCUT2D eigenvalue weighted by Crippen LogP contribution is -2.29. The number of nitrogens with one attached hydrogen (secondary N) is 1. The number of hydrazine groups is 1. The van der Waals surface area contributed by atoms with Crippen molar-refractivity contribution >= 4 is 21.8 Å². The number of hydrogen-bond donors (Lipinski definition) is 2. The van der Waals surface area contributed by atoms with E-state index in [1.54, 1.807) is 19.1 Å². The second-order valence-corrected chi connectivity index (χ2v) is 4.88. The minimum absolute atomic E-state index is 0.102. The standard InChI is InChI=1S/C13H12BrFN2O3/c1-7-8(4-12(20-7)13(18)17-16)6-19-9-2-3-10(14)11(15)5-9/h2-5H,6,16H2,1H3,(H,17,18). The van der Waals surface area contributed by atoms with Crippen LogP contribution in [0.3, 0.4) is 0 Å². The zero-order valence-electron chi connectivity index (χ0n) is 10.6. The molecule has 0 spiro atoms. The minimum Gasteiger partial charge on any atom is -0.489 e. The number of furan rings is 1. The van der Waals surface area contributed by atoms with Gasteiger partial charge in [-0.2, -0.15) is 0 Å². The smallest absolute Gasteiger partial charge is 0.300 e. The predicted octanol–water partition coefficient (Wildman–Crippen LogP) is 2.67. The van der Waals surface area contributed by atoms with Gasteiger partial charge < -0.3 is 9.15 Å². The van der Waals surface area contributed by atoms with Gasteiger partial charge in [0.2, 0.25) is 0 Å². The second kappa shape index (κ2) is 6.06. The average molecular weight is 343 g/mol. The van der Waals surface area contributed by atoms with E-state index in [0.29, 0.717) is 21.5 Å². The van der Waals surface area contributed by atoms with E-state index >= 15 is 0 Å².